The molecule has 0 amide bonds. The average Bonchev–Trinajstić information content (AvgIpc) is 2.81. The molecule has 2 N–H and O–H groups in total. The number of rotatable bonds is 5. The Morgan fingerprint density at radius 1 is 1.39 bits per heavy atom. The fourth-order valence-electron chi connectivity index (χ4n) is 1.69. The normalized spacial score (nSPS) is 12.4. The van der Waals surface area contributed by atoms with Gasteiger partial charge in [-0.15, -0.1) is 0 Å². The van der Waals surface area contributed by atoms with Gasteiger partial charge in [-0.3, -0.25) is 0 Å². The van der Waals surface area contributed by atoms with Crippen molar-refractivity contribution in [3.63, 3.8) is 0 Å². The molecule has 2 aromatic rings. The molecule has 0 aliphatic carbocycles. The zero-order valence-corrected chi connectivity index (χ0v) is 11.0. The summed E-state index contributed by atoms with van der Waals surface area (Å²) in [6.45, 7) is 2.31. The number of benzene rings is 1. The van der Waals surface area contributed by atoms with Crippen molar-refractivity contribution in [1.29, 1.82) is 0 Å². The lowest BCUT2D eigenvalue weighted by atomic mass is 10.1. The molecule has 2 nitrogen and oxygen atoms in total. The first-order chi connectivity index (χ1) is 8.66. The predicted molar refractivity (Wildman–Crippen MR) is 72.5 cm³/mol. The minimum atomic E-state index is -0.307. The largest absolute Gasteiger partial charge is 0.493 e. The summed E-state index contributed by atoms with van der Waals surface area (Å²) in [5.41, 5.74) is 7.41. The second-order valence-corrected chi connectivity index (χ2v) is 4.98. The van der Waals surface area contributed by atoms with Crippen LogP contribution >= 0.6 is 11.3 Å². The zero-order chi connectivity index (χ0) is 13.0. The SMILES string of the molecule is C[C@@H](N)c1ccc(OCCc2ccsc2)cc1F. The molecule has 0 aliphatic rings. The van der Waals surface area contributed by atoms with E-state index in [1.165, 1.54) is 11.6 Å². The Hall–Kier alpha value is -1.39. The van der Waals surface area contributed by atoms with Gasteiger partial charge in [0.2, 0.25) is 0 Å². The third-order valence-corrected chi connectivity index (χ3v) is 3.43. The van der Waals surface area contributed by atoms with Crippen LogP contribution in [-0.2, 0) is 6.42 Å². The first-order valence-corrected chi connectivity index (χ1v) is 6.80. The van der Waals surface area contributed by atoms with Gasteiger partial charge in [0.05, 0.1) is 6.61 Å². The first-order valence-electron chi connectivity index (χ1n) is 5.85. The molecule has 2 rings (SSSR count). The Morgan fingerprint density at radius 3 is 2.83 bits per heavy atom. The molecule has 18 heavy (non-hydrogen) atoms. The molecule has 96 valence electrons. The molecule has 0 fully saturated rings. The summed E-state index contributed by atoms with van der Waals surface area (Å²) in [4.78, 5) is 0. The number of halogens is 1. The van der Waals surface area contributed by atoms with Gasteiger partial charge in [0.1, 0.15) is 11.6 Å². The van der Waals surface area contributed by atoms with Crippen LogP contribution in [0.5, 0.6) is 5.75 Å². The first kappa shape index (κ1) is 13.1. The van der Waals surface area contributed by atoms with Gasteiger partial charge >= 0.3 is 0 Å². The van der Waals surface area contributed by atoms with Crippen LogP contribution < -0.4 is 10.5 Å². The fraction of sp³-hybridized carbons (Fsp3) is 0.286. The molecule has 4 heteroatoms. The Bertz CT molecular complexity index is 497. The molecule has 1 aromatic carbocycles. The van der Waals surface area contributed by atoms with Crippen LogP contribution in [0.4, 0.5) is 4.39 Å². The van der Waals surface area contributed by atoms with Crippen LogP contribution in [0.3, 0.4) is 0 Å². The summed E-state index contributed by atoms with van der Waals surface area (Å²) in [7, 11) is 0. The number of nitrogens with two attached hydrogens (primary N) is 1. The Kier molecular flexibility index (Phi) is 4.33. The zero-order valence-electron chi connectivity index (χ0n) is 10.2. The van der Waals surface area contributed by atoms with Crippen LogP contribution in [0.25, 0.3) is 0 Å². The maximum absolute atomic E-state index is 13.6. The third-order valence-electron chi connectivity index (χ3n) is 2.70. The van der Waals surface area contributed by atoms with Crippen LogP contribution in [-0.4, -0.2) is 6.61 Å². The molecular formula is C14H16FNOS. The highest BCUT2D eigenvalue weighted by atomic mass is 32.1. The van der Waals surface area contributed by atoms with E-state index in [9.17, 15) is 4.39 Å². The van der Waals surface area contributed by atoms with Crippen molar-refractivity contribution >= 4 is 11.3 Å². The van der Waals surface area contributed by atoms with Crippen LogP contribution in [0.1, 0.15) is 24.1 Å². The molecule has 0 radical (unpaired) electrons. The van der Waals surface area contributed by atoms with E-state index in [-0.39, 0.29) is 11.9 Å². The quantitative estimate of drug-likeness (QED) is 0.897. The number of hydrogen-bond acceptors (Lipinski definition) is 3. The highest BCUT2D eigenvalue weighted by Crippen LogP contribution is 2.20. The van der Waals surface area contributed by atoms with Gasteiger partial charge in [-0.2, -0.15) is 11.3 Å². The highest BCUT2D eigenvalue weighted by Gasteiger charge is 2.07. The summed E-state index contributed by atoms with van der Waals surface area (Å²) in [6, 6.07) is 6.60. The molecule has 0 saturated heterocycles. The maximum atomic E-state index is 13.6. The minimum Gasteiger partial charge on any atom is -0.493 e. The molecule has 1 aromatic heterocycles. The molecular weight excluding hydrogens is 249 g/mol. The van der Waals surface area contributed by atoms with Crippen molar-refractivity contribution in [3.8, 4) is 5.75 Å². The predicted octanol–water partition coefficient (Wildman–Crippen LogP) is 3.53. The lowest BCUT2D eigenvalue weighted by Crippen LogP contribution is -2.08. The van der Waals surface area contributed by atoms with E-state index in [0.717, 1.165) is 6.42 Å². The van der Waals surface area contributed by atoms with E-state index < -0.39 is 0 Å². The second kappa shape index (κ2) is 5.98. The van der Waals surface area contributed by atoms with Crippen LogP contribution in [0, 0.1) is 5.82 Å². The van der Waals surface area contributed by atoms with E-state index in [1.54, 1.807) is 30.4 Å². The van der Waals surface area contributed by atoms with E-state index in [4.69, 9.17) is 10.5 Å². The third kappa shape index (κ3) is 3.31. The molecule has 0 spiro atoms. The Morgan fingerprint density at radius 2 is 2.22 bits per heavy atom. The van der Waals surface area contributed by atoms with E-state index >= 15 is 0 Å². The summed E-state index contributed by atoms with van der Waals surface area (Å²) in [6.07, 6.45) is 0.833. The van der Waals surface area contributed by atoms with Gasteiger partial charge in [0.15, 0.2) is 0 Å². The minimum absolute atomic E-state index is 0.301. The van der Waals surface area contributed by atoms with Crippen molar-refractivity contribution in [3.05, 3.63) is 52.0 Å². The lowest BCUT2D eigenvalue weighted by Gasteiger charge is -2.10. The van der Waals surface area contributed by atoms with Gasteiger partial charge < -0.3 is 10.5 Å². The van der Waals surface area contributed by atoms with Gasteiger partial charge in [-0.1, -0.05) is 6.07 Å². The van der Waals surface area contributed by atoms with Crippen molar-refractivity contribution < 1.29 is 9.13 Å². The van der Waals surface area contributed by atoms with Crippen molar-refractivity contribution in [2.75, 3.05) is 6.61 Å². The average molecular weight is 265 g/mol. The second-order valence-electron chi connectivity index (χ2n) is 4.20. The maximum Gasteiger partial charge on any atom is 0.131 e. The molecule has 0 unspecified atom stereocenters. The van der Waals surface area contributed by atoms with E-state index in [1.807, 2.05) is 5.38 Å². The lowest BCUT2D eigenvalue weighted by molar-refractivity contribution is 0.320. The summed E-state index contributed by atoms with van der Waals surface area (Å²) < 4.78 is 19.2. The summed E-state index contributed by atoms with van der Waals surface area (Å²) >= 11 is 1.66. The monoisotopic (exact) mass is 265 g/mol. The summed E-state index contributed by atoms with van der Waals surface area (Å²) in [5.74, 6) is 0.241. The van der Waals surface area contributed by atoms with E-state index in [0.29, 0.717) is 17.9 Å². The number of ether oxygens (including phenoxy) is 1. The molecule has 0 saturated carbocycles. The topological polar surface area (TPSA) is 35.2 Å². The van der Waals surface area contributed by atoms with Crippen molar-refractivity contribution in [1.82, 2.24) is 0 Å². The number of thiophene rings is 1. The fourth-order valence-corrected chi connectivity index (χ4v) is 2.39. The molecule has 0 aliphatic heterocycles. The van der Waals surface area contributed by atoms with Crippen molar-refractivity contribution in [2.24, 2.45) is 5.73 Å². The Labute approximate surface area is 110 Å². The number of hydrogen-bond donors (Lipinski definition) is 1. The van der Waals surface area contributed by atoms with Gasteiger partial charge in [0.25, 0.3) is 0 Å². The summed E-state index contributed by atoms with van der Waals surface area (Å²) in [5, 5.41) is 4.12. The van der Waals surface area contributed by atoms with Gasteiger partial charge in [-0.25, -0.2) is 4.39 Å². The van der Waals surface area contributed by atoms with Crippen LogP contribution in [0.2, 0.25) is 0 Å². The molecule has 1 heterocycles. The van der Waals surface area contributed by atoms with Gasteiger partial charge in [-0.05, 0) is 35.4 Å². The standard InChI is InChI=1S/C14H16FNOS/c1-10(16)13-3-2-12(8-14(13)15)17-6-4-11-5-7-18-9-11/h2-3,5,7-10H,4,6,16H2,1H3/t10-/m1/s1. The van der Waals surface area contributed by atoms with E-state index in [2.05, 4.69) is 11.4 Å². The molecule has 1 atom stereocenters. The Balaban J connectivity index is 1.92. The van der Waals surface area contributed by atoms with Crippen molar-refractivity contribution in [2.45, 2.75) is 19.4 Å². The van der Waals surface area contributed by atoms with Crippen LogP contribution in [0.15, 0.2) is 35.0 Å². The van der Waals surface area contributed by atoms with Gasteiger partial charge in [0, 0.05) is 24.1 Å². The highest BCUT2D eigenvalue weighted by molar-refractivity contribution is 7.07. The molecule has 0 bridgehead atoms. The smallest absolute Gasteiger partial charge is 0.131 e.